The van der Waals surface area contributed by atoms with E-state index in [4.69, 9.17) is 18.8 Å². The highest BCUT2D eigenvalue weighted by molar-refractivity contribution is 7.85. The Hall–Kier alpha value is -2.80. The molecule has 2 aromatic rings. The van der Waals surface area contributed by atoms with E-state index in [1.165, 1.54) is 23.1 Å². The Morgan fingerprint density at radius 3 is 2.39 bits per heavy atom. The zero-order valence-corrected chi connectivity index (χ0v) is 20.2. The molecule has 1 atom stereocenters. The van der Waals surface area contributed by atoms with E-state index in [9.17, 15) is 13.2 Å². The van der Waals surface area contributed by atoms with Crippen molar-refractivity contribution >= 4 is 27.6 Å². The topological polar surface area (TPSA) is 106 Å². The zero-order chi connectivity index (χ0) is 25.5. The number of amides is 1. The lowest BCUT2D eigenvalue weighted by Gasteiger charge is -2.38. The van der Waals surface area contributed by atoms with E-state index in [0.717, 1.165) is 6.07 Å². The van der Waals surface area contributed by atoms with Crippen LogP contribution in [0.3, 0.4) is 0 Å². The predicted molar refractivity (Wildman–Crippen MR) is 127 cm³/mol. The summed E-state index contributed by atoms with van der Waals surface area (Å²) < 4.78 is 77.4. The second-order valence-electron chi connectivity index (χ2n) is 9.12. The molecule has 3 aliphatic heterocycles. The number of carbonyl (C=O) groups excluding carboxylic acids is 1. The first-order valence-corrected chi connectivity index (χ1v) is 13.3. The van der Waals surface area contributed by atoms with Crippen molar-refractivity contribution in [2.75, 3.05) is 48.4 Å². The first-order chi connectivity index (χ1) is 17.1. The van der Waals surface area contributed by atoms with Crippen LogP contribution < -0.4 is 9.80 Å². The quantitative estimate of drug-likeness (QED) is 0.572. The number of ether oxygens (including phenoxy) is 3. The van der Waals surface area contributed by atoms with E-state index in [0.29, 0.717) is 50.4 Å². The number of nitrogens with zero attached hydrogens (tertiary/aromatic N) is 2. The maximum Gasteiger partial charge on any atom is 0.414 e. The molecular weight excluding hydrogens is 498 g/mol. The maximum absolute atomic E-state index is 15.0. The van der Waals surface area contributed by atoms with Gasteiger partial charge in [-0.25, -0.2) is 13.6 Å². The smallest absolute Gasteiger partial charge is 0.414 e. The van der Waals surface area contributed by atoms with Gasteiger partial charge < -0.3 is 19.1 Å². The Morgan fingerprint density at radius 1 is 1.03 bits per heavy atom. The van der Waals surface area contributed by atoms with Crippen LogP contribution in [-0.4, -0.2) is 69.6 Å². The molecule has 36 heavy (non-hydrogen) atoms. The molecule has 0 aromatic heterocycles. The second kappa shape index (κ2) is 9.58. The Bertz CT molecular complexity index is 1260. The van der Waals surface area contributed by atoms with Crippen LogP contribution in [0.5, 0.6) is 0 Å². The summed E-state index contributed by atoms with van der Waals surface area (Å²) in [5, 5.41) is 0. The van der Waals surface area contributed by atoms with E-state index in [2.05, 4.69) is 0 Å². The summed E-state index contributed by atoms with van der Waals surface area (Å²) in [6.45, 7) is 2.32. The van der Waals surface area contributed by atoms with Gasteiger partial charge in [0.2, 0.25) is 0 Å². The van der Waals surface area contributed by atoms with Gasteiger partial charge in [0.25, 0.3) is 10.1 Å². The molecule has 2 aromatic carbocycles. The molecule has 0 aliphatic carbocycles. The normalized spacial score (nSPS) is 21.9. The average Bonchev–Trinajstić information content (AvgIpc) is 3.44. The van der Waals surface area contributed by atoms with E-state index in [-0.39, 0.29) is 24.2 Å². The summed E-state index contributed by atoms with van der Waals surface area (Å²) in [6, 6.07) is 8.69. The molecule has 1 spiro atoms. The summed E-state index contributed by atoms with van der Waals surface area (Å²) in [4.78, 5) is 15.3. The number of hydrogen-bond acceptors (Lipinski definition) is 7. The van der Waals surface area contributed by atoms with Crippen LogP contribution in [0.2, 0.25) is 0 Å². The SMILES string of the molecule is O=C1OC(CCS(=O)(=O)O)CN1c1ccc(-c2ccc(N3CCC4(CC3)OCCO4)c(F)c2)c(F)c1. The Labute approximate surface area is 207 Å². The number of cyclic esters (lactones) is 1. The average molecular weight is 525 g/mol. The summed E-state index contributed by atoms with van der Waals surface area (Å²) in [7, 11) is -4.19. The maximum atomic E-state index is 15.0. The van der Waals surface area contributed by atoms with Crippen molar-refractivity contribution in [2.45, 2.75) is 31.2 Å². The van der Waals surface area contributed by atoms with Crippen molar-refractivity contribution < 1.29 is 40.8 Å². The fraction of sp³-hybridized carbons (Fsp3) is 0.458. The van der Waals surface area contributed by atoms with Crippen LogP contribution in [0, 0.1) is 11.6 Å². The molecule has 1 N–H and O–H groups in total. The molecule has 0 bridgehead atoms. The lowest BCUT2D eigenvalue weighted by molar-refractivity contribution is -0.169. The Morgan fingerprint density at radius 2 is 1.75 bits per heavy atom. The van der Waals surface area contributed by atoms with Gasteiger partial charge in [-0.05, 0) is 35.9 Å². The van der Waals surface area contributed by atoms with Crippen molar-refractivity contribution in [1.82, 2.24) is 0 Å². The molecule has 0 radical (unpaired) electrons. The number of anilines is 2. The highest BCUT2D eigenvalue weighted by Crippen LogP contribution is 2.36. The van der Waals surface area contributed by atoms with Gasteiger partial charge in [-0.15, -0.1) is 0 Å². The lowest BCUT2D eigenvalue weighted by atomic mass is 10.0. The predicted octanol–water partition coefficient (Wildman–Crippen LogP) is 3.58. The number of benzene rings is 2. The van der Waals surface area contributed by atoms with Crippen LogP contribution >= 0.6 is 0 Å². The van der Waals surface area contributed by atoms with Crippen molar-refractivity contribution in [3.63, 3.8) is 0 Å². The van der Waals surface area contributed by atoms with Crippen LogP contribution in [0.4, 0.5) is 25.0 Å². The molecule has 3 saturated heterocycles. The molecule has 194 valence electrons. The number of rotatable bonds is 6. The van der Waals surface area contributed by atoms with Crippen molar-refractivity contribution in [3.05, 3.63) is 48.0 Å². The minimum atomic E-state index is -4.19. The molecule has 9 nitrogen and oxygen atoms in total. The highest BCUT2D eigenvalue weighted by atomic mass is 32.2. The van der Waals surface area contributed by atoms with Crippen LogP contribution in [0.15, 0.2) is 36.4 Å². The van der Waals surface area contributed by atoms with E-state index >= 15 is 8.78 Å². The third-order valence-electron chi connectivity index (χ3n) is 6.77. The van der Waals surface area contributed by atoms with Crippen LogP contribution in [-0.2, 0) is 24.3 Å². The molecule has 1 amide bonds. The third-order valence-corrected chi connectivity index (χ3v) is 7.53. The number of halogens is 2. The van der Waals surface area contributed by atoms with Gasteiger partial charge in [0, 0.05) is 37.9 Å². The second-order valence-corrected chi connectivity index (χ2v) is 10.7. The van der Waals surface area contributed by atoms with Gasteiger partial charge in [0.1, 0.15) is 17.7 Å². The van der Waals surface area contributed by atoms with Gasteiger partial charge >= 0.3 is 6.09 Å². The van der Waals surface area contributed by atoms with Gasteiger partial charge in [0.15, 0.2) is 5.79 Å². The first kappa shape index (κ1) is 24.9. The molecule has 3 aliphatic rings. The van der Waals surface area contributed by atoms with Crippen LogP contribution in [0.1, 0.15) is 19.3 Å². The lowest BCUT2D eigenvalue weighted by Crippen LogP contribution is -2.45. The minimum absolute atomic E-state index is 0.0175. The highest BCUT2D eigenvalue weighted by Gasteiger charge is 2.40. The number of piperidine rings is 1. The summed E-state index contributed by atoms with van der Waals surface area (Å²) in [5.74, 6) is -2.22. The molecule has 1 unspecified atom stereocenters. The fourth-order valence-electron chi connectivity index (χ4n) is 4.87. The molecule has 5 rings (SSSR count). The zero-order valence-electron chi connectivity index (χ0n) is 19.4. The van der Waals surface area contributed by atoms with E-state index < -0.39 is 45.5 Å². The van der Waals surface area contributed by atoms with E-state index in [1.807, 2.05) is 4.90 Å². The molecule has 3 fully saturated rings. The fourth-order valence-corrected chi connectivity index (χ4v) is 5.43. The Kier molecular flexibility index (Phi) is 6.62. The molecule has 0 saturated carbocycles. The Balaban J connectivity index is 1.27. The molecule has 12 heteroatoms. The van der Waals surface area contributed by atoms with Crippen molar-refractivity contribution in [3.8, 4) is 11.1 Å². The first-order valence-electron chi connectivity index (χ1n) is 11.7. The summed E-state index contributed by atoms with van der Waals surface area (Å²) in [5.41, 5.74) is 1.18. The van der Waals surface area contributed by atoms with Crippen molar-refractivity contribution in [1.29, 1.82) is 0 Å². The number of carbonyl (C=O) groups is 1. The standard InChI is InChI=1S/C24H26F2N2O7S/c25-20-14-17(28-15-18(35-23(28)29)5-12-36(30,31)32)2-3-19(20)16-1-4-22(21(26)13-16)27-8-6-24(7-9-27)33-10-11-34-24/h1-4,13-14,18H,5-12,15H2,(H,30,31,32). The minimum Gasteiger partial charge on any atom is -0.444 e. The largest absolute Gasteiger partial charge is 0.444 e. The van der Waals surface area contributed by atoms with Gasteiger partial charge in [-0.2, -0.15) is 8.42 Å². The van der Waals surface area contributed by atoms with Gasteiger partial charge in [0.05, 0.1) is 36.9 Å². The molecular formula is C24H26F2N2O7S. The third kappa shape index (κ3) is 5.17. The van der Waals surface area contributed by atoms with Crippen molar-refractivity contribution in [2.24, 2.45) is 0 Å². The van der Waals surface area contributed by atoms with Gasteiger partial charge in [-0.3, -0.25) is 9.45 Å². The summed E-state index contributed by atoms with van der Waals surface area (Å²) >= 11 is 0. The van der Waals surface area contributed by atoms with Crippen LogP contribution in [0.25, 0.3) is 11.1 Å². The monoisotopic (exact) mass is 524 g/mol. The summed E-state index contributed by atoms with van der Waals surface area (Å²) in [6.07, 6.45) is -0.291. The molecule has 3 heterocycles. The van der Waals surface area contributed by atoms with E-state index in [1.54, 1.807) is 12.1 Å². The van der Waals surface area contributed by atoms with Gasteiger partial charge in [-0.1, -0.05) is 6.07 Å². The number of hydrogen-bond donors (Lipinski definition) is 1.